The molecule has 1 N–H and O–H groups in total. The van der Waals surface area contributed by atoms with Crippen LogP contribution in [-0.2, 0) is 4.79 Å². The van der Waals surface area contributed by atoms with Crippen molar-refractivity contribution in [2.24, 2.45) is 0 Å². The summed E-state index contributed by atoms with van der Waals surface area (Å²) in [7, 11) is 0. The van der Waals surface area contributed by atoms with Crippen molar-refractivity contribution in [3.05, 3.63) is 41.5 Å². The number of nitrogens with one attached hydrogen (secondary N) is 1. The fourth-order valence-electron chi connectivity index (χ4n) is 3.08. The Bertz CT molecular complexity index is 559. The standard InChI is InChI=1S/C17H23N3O/c1-13-5-3-7-16(14(13)2)19-9-11-20(12-10-19)17(21)15-6-4-8-18-15/h3-7,15,18H,8-12H2,1-2H3/t15-/m0/s1. The Morgan fingerprint density at radius 3 is 2.62 bits per heavy atom. The first-order chi connectivity index (χ1) is 10.2. The summed E-state index contributed by atoms with van der Waals surface area (Å²) in [6.07, 6.45) is 3.99. The van der Waals surface area contributed by atoms with Gasteiger partial charge < -0.3 is 9.80 Å². The van der Waals surface area contributed by atoms with E-state index in [0.717, 1.165) is 32.7 Å². The third kappa shape index (κ3) is 2.81. The molecule has 1 saturated heterocycles. The van der Waals surface area contributed by atoms with Gasteiger partial charge in [0.25, 0.3) is 0 Å². The molecule has 0 bridgehead atoms. The van der Waals surface area contributed by atoms with Crippen LogP contribution in [0, 0.1) is 13.8 Å². The van der Waals surface area contributed by atoms with Crippen molar-refractivity contribution in [3.63, 3.8) is 0 Å². The number of carbonyl (C=O) groups is 1. The maximum Gasteiger partial charge on any atom is 0.243 e. The monoisotopic (exact) mass is 285 g/mol. The van der Waals surface area contributed by atoms with Crippen LogP contribution in [0.25, 0.3) is 0 Å². The molecule has 2 aliphatic rings. The minimum absolute atomic E-state index is 0.114. The summed E-state index contributed by atoms with van der Waals surface area (Å²) in [6.45, 7) is 8.56. The highest BCUT2D eigenvalue weighted by atomic mass is 16.2. The number of nitrogens with zero attached hydrogens (tertiary/aromatic N) is 2. The van der Waals surface area contributed by atoms with Gasteiger partial charge in [0.1, 0.15) is 6.04 Å². The van der Waals surface area contributed by atoms with Crippen LogP contribution in [0.5, 0.6) is 0 Å². The predicted molar refractivity (Wildman–Crippen MR) is 85.6 cm³/mol. The lowest BCUT2D eigenvalue weighted by Gasteiger charge is -2.37. The second-order valence-electron chi connectivity index (χ2n) is 5.85. The van der Waals surface area contributed by atoms with Gasteiger partial charge in [0.15, 0.2) is 0 Å². The molecule has 0 saturated carbocycles. The molecule has 0 spiro atoms. The smallest absolute Gasteiger partial charge is 0.243 e. The molecule has 2 heterocycles. The normalized spacial score (nSPS) is 21.9. The highest BCUT2D eigenvalue weighted by Gasteiger charge is 2.27. The third-order valence-corrected chi connectivity index (χ3v) is 4.56. The van der Waals surface area contributed by atoms with E-state index in [-0.39, 0.29) is 11.9 Å². The first kappa shape index (κ1) is 14.1. The van der Waals surface area contributed by atoms with Gasteiger partial charge in [-0.1, -0.05) is 24.3 Å². The van der Waals surface area contributed by atoms with Crippen LogP contribution in [0.15, 0.2) is 30.4 Å². The molecule has 2 aliphatic heterocycles. The number of aryl methyl sites for hydroxylation is 1. The SMILES string of the molecule is Cc1cccc(N2CCN(C(=O)[C@@H]3C=CCN3)CC2)c1C. The molecule has 1 atom stereocenters. The number of hydrogen-bond acceptors (Lipinski definition) is 3. The Kier molecular flexibility index (Phi) is 3.97. The Hall–Kier alpha value is -1.81. The number of rotatable bonds is 2. The van der Waals surface area contributed by atoms with Gasteiger partial charge in [-0.25, -0.2) is 0 Å². The van der Waals surface area contributed by atoms with E-state index in [1.54, 1.807) is 0 Å². The number of benzene rings is 1. The van der Waals surface area contributed by atoms with Crippen molar-refractivity contribution < 1.29 is 4.79 Å². The zero-order valence-corrected chi connectivity index (χ0v) is 12.8. The van der Waals surface area contributed by atoms with E-state index in [9.17, 15) is 4.79 Å². The largest absolute Gasteiger partial charge is 0.368 e. The summed E-state index contributed by atoms with van der Waals surface area (Å²) in [5.74, 6) is 0.212. The van der Waals surface area contributed by atoms with Crippen molar-refractivity contribution in [2.45, 2.75) is 19.9 Å². The Morgan fingerprint density at radius 1 is 1.19 bits per heavy atom. The number of amides is 1. The molecule has 0 unspecified atom stereocenters. The summed E-state index contributed by atoms with van der Waals surface area (Å²) in [4.78, 5) is 16.7. The molecule has 4 heteroatoms. The third-order valence-electron chi connectivity index (χ3n) is 4.56. The number of hydrogen-bond donors (Lipinski definition) is 1. The zero-order valence-electron chi connectivity index (χ0n) is 12.8. The lowest BCUT2D eigenvalue weighted by molar-refractivity contribution is -0.132. The van der Waals surface area contributed by atoms with Gasteiger partial charge in [-0.15, -0.1) is 0 Å². The molecule has 4 nitrogen and oxygen atoms in total. The second kappa shape index (κ2) is 5.90. The maximum absolute atomic E-state index is 12.4. The van der Waals surface area contributed by atoms with Gasteiger partial charge in [-0.2, -0.15) is 0 Å². The van der Waals surface area contributed by atoms with Crippen molar-refractivity contribution in [2.75, 3.05) is 37.6 Å². The quantitative estimate of drug-likeness (QED) is 0.836. The molecule has 21 heavy (non-hydrogen) atoms. The van der Waals surface area contributed by atoms with Gasteiger partial charge in [-0.05, 0) is 31.0 Å². The summed E-state index contributed by atoms with van der Waals surface area (Å²) >= 11 is 0. The summed E-state index contributed by atoms with van der Waals surface area (Å²) in [5.41, 5.74) is 3.98. The molecule has 0 aliphatic carbocycles. The molecule has 1 aromatic carbocycles. The van der Waals surface area contributed by atoms with Gasteiger partial charge in [0.2, 0.25) is 5.91 Å². The molecular formula is C17H23N3O. The number of piperazine rings is 1. The van der Waals surface area contributed by atoms with E-state index >= 15 is 0 Å². The fourth-order valence-corrected chi connectivity index (χ4v) is 3.08. The van der Waals surface area contributed by atoms with E-state index in [1.807, 2.05) is 17.1 Å². The maximum atomic E-state index is 12.4. The average molecular weight is 285 g/mol. The molecule has 1 fully saturated rings. The first-order valence-electron chi connectivity index (χ1n) is 7.67. The molecule has 0 radical (unpaired) electrons. The molecule has 3 rings (SSSR count). The van der Waals surface area contributed by atoms with E-state index < -0.39 is 0 Å². The van der Waals surface area contributed by atoms with Crippen molar-refractivity contribution in [1.82, 2.24) is 10.2 Å². The van der Waals surface area contributed by atoms with E-state index in [0.29, 0.717) is 0 Å². The van der Waals surface area contributed by atoms with E-state index in [1.165, 1.54) is 16.8 Å². The minimum Gasteiger partial charge on any atom is -0.368 e. The van der Waals surface area contributed by atoms with Gasteiger partial charge in [-0.3, -0.25) is 10.1 Å². The molecule has 0 aromatic heterocycles. The molecule has 112 valence electrons. The number of carbonyl (C=O) groups excluding carboxylic acids is 1. The fraction of sp³-hybridized carbons (Fsp3) is 0.471. The molecule has 1 amide bonds. The Morgan fingerprint density at radius 2 is 1.95 bits per heavy atom. The van der Waals surface area contributed by atoms with Gasteiger partial charge in [0, 0.05) is 38.4 Å². The topological polar surface area (TPSA) is 35.6 Å². The minimum atomic E-state index is -0.114. The Labute approximate surface area is 126 Å². The van der Waals surface area contributed by atoms with Crippen molar-refractivity contribution in [3.8, 4) is 0 Å². The zero-order chi connectivity index (χ0) is 14.8. The van der Waals surface area contributed by atoms with Crippen LogP contribution < -0.4 is 10.2 Å². The van der Waals surface area contributed by atoms with Crippen LogP contribution in [0.2, 0.25) is 0 Å². The highest BCUT2D eigenvalue weighted by Crippen LogP contribution is 2.24. The van der Waals surface area contributed by atoms with Crippen LogP contribution in [0.3, 0.4) is 0 Å². The molecule has 1 aromatic rings. The second-order valence-corrected chi connectivity index (χ2v) is 5.85. The lowest BCUT2D eigenvalue weighted by Crippen LogP contribution is -2.53. The van der Waals surface area contributed by atoms with Crippen molar-refractivity contribution in [1.29, 1.82) is 0 Å². The summed E-state index contributed by atoms with van der Waals surface area (Å²) in [5, 5.41) is 3.20. The van der Waals surface area contributed by atoms with Crippen molar-refractivity contribution >= 4 is 11.6 Å². The summed E-state index contributed by atoms with van der Waals surface area (Å²) in [6, 6.07) is 6.33. The van der Waals surface area contributed by atoms with Gasteiger partial charge >= 0.3 is 0 Å². The van der Waals surface area contributed by atoms with E-state index in [4.69, 9.17) is 0 Å². The molecular weight excluding hydrogens is 262 g/mol. The van der Waals surface area contributed by atoms with Crippen LogP contribution in [0.1, 0.15) is 11.1 Å². The number of anilines is 1. The lowest BCUT2D eigenvalue weighted by atomic mass is 10.1. The highest BCUT2D eigenvalue weighted by molar-refractivity contribution is 5.84. The Balaban J connectivity index is 1.63. The van der Waals surface area contributed by atoms with Gasteiger partial charge in [0.05, 0.1) is 0 Å². The predicted octanol–water partition coefficient (Wildman–Crippen LogP) is 1.48. The first-order valence-corrected chi connectivity index (χ1v) is 7.67. The summed E-state index contributed by atoms with van der Waals surface area (Å²) < 4.78 is 0. The van der Waals surface area contributed by atoms with Crippen LogP contribution in [-0.4, -0.2) is 49.6 Å². The van der Waals surface area contributed by atoms with Crippen LogP contribution >= 0.6 is 0 Å². The van der Waals surface area contributed by atoms with E-state index in [2.05, 4.69) is 42.3 Å². The van der Waals surface area contributed by atoms with Crippen LogP contribution in [0.4, 0.5) is 5.69 Å². The average Bonchev–Trinajstić information content (AvgIpc) is 3.04.